The van der Waals surface area contributed by atoms with Crippen LogP contribution in [0.25, 0.3) is 0 Å². The Balaban J connectivity index is 1.71. The highest BCUT2D eigenvalue weighted by atomic mass is 16.3. The lowest BCUT2D eigenvalue weighted by atomic mass is 9.81. The van der Waals surface area contributed by atoms with Crippen LogP contribution in [0.4, 0.5) is 0 Å². The first kappa shape index (κ1) is 20.9. The van der Waals surface area contributed by atoms with Crippen molar-refractivity contribution < 1.29 is 25.5 Å². The molecule has 0 heterocycles. The highest BCUT2D eigenvalue weighted by molar-refractivity contribution is 5.51. The monoisotopic (exact) mass is 420 g/mol. The van der Waals surface area contributed by atoms with Gasteiger partial charge in [0.2, 0.25) is 0 Å². The van der Waals surface area contributed by atoms with E-state index in [9.17, 15) is 25.5 Å². The number of aromatic hydroxyl groups is 5. The van der Waals surface area contributed by atoms with Gasteiger partial charge >= 0.3 is 0 Å². The van der Waals surface area contributed by atoms with Crippen LogP contribution in [0.15, 0.2) is 48.5 Å². The third-order valence-electron chi connectivity index (χ3n) is 6.21. The van der Waals surface area contributed by atoms with Crippen LogP contribution < -0.4 is 0 Å². The molecule has 5 heteroatoms. The number of benzene rings is 3. The summed E-state index contributed by atoms with van der Waals surface area (Å²) in [4.78, 5) is 0. The highest BCUT2D eigenvalue weighted by Crippen LogP contribution is 2.40. The van der Waals surface area contributed by atoms with E-state index < -0.39 is 0 Å². The fraction of sp³-hybridized carbons (Fsp3) is 0.308. The van der Waals surface area contributed by atoms with Gasteiger partial charge in [0.25, 0.3) is 0 Å². The number of phenols is 5. The molecule has 1 aliphatic rings. The molecule has 0 aliphatic heterocycles. The summed E-state index contributed by atoms with van der Waals surface area (Å²) >= 11 is 0. The van der Waals surface area contributed by atoms with Crippen LogP contribution in [-0.2, 0) is 12.8 Å². The normalized spacial score (nSPS) is 14.6. The summed E-state index contributed by atoms with van der Waals surface area (Å²) < 4.78 is 0. The maximum Gasteiger partial charge on any atom is 0.157 e. The number of phenolic OH excluding ortho intramolecular Hbond substituents is 5. The molecule has 162 valence electrons. The van der Waals surface area contributed by atoms with E-state index in [1.165, 1.54) is 24.6 Å². The molecule has 4 rings (SSSR count). The van der Waals surface area contributed by atoms with Crippen molar-refractivity contribution in [2.75, 3.05) is 0 Å². The van der Waals surface area contributed by atoms with Gasteiger partial charge in [0.05, 0.1) is 0 Å². The van der Waals surface area contributed by atoms with Gasteiger partial charge in [-0.3, -0.25) is 0 Å². The Morgan fingerprint density at radius 3 is 1.74 bits per heavy atom. The molecule has 3 aromatic rings. The van der Waals surface area contributed by atoms with Crippen molar-refractivity contribution >= 4 is 0 Å². The zero-order chi connectivity index (χ0) is 22.0. The van der Waals surface area contributed by atoms with Crippen molar-refractivity contribution in [2.45, 2.75) is 50.9 Å². The molecular weight excluding hydrogens is 392 g/mol. The molecule has 1 aliphatic carbocycles. The molecule has 0 radical (unpaired) electrons. The van der Waals surface area contributed by atoms with Gasteiger partial charge in [-0.05, 0) is 77.3 Å². The first-order chi connectivity index (χ1) is 14.9. The van der Waals surface area contributed by atoms with E-state index in [4.69, 9.17) is 0 Å². The van der Waals surface area contributed by atoms with Crippen LogP contribution in [-0.4, -0.2) is 25.5 Å². The van der Waals surface area contributed by atoms with Gasteiger partial charge in [0, 0.05) is 6.42 Å². The second-order valence-electron chi connectivity index (χ2n) is 8.53. The highest BCUT2D eigenvalue weighted by Gasteiger charge is 2.22. The zero-order valence-electron chi connectivity index (χ0n) is 17.4. The number of hydrogen-bond donors (Lipinski definition) is 5. The van der Waals surface area contributed by atoms with E-state index in [1.807, 2.05) is 6.07 Å². The summed E-state index contributed by atoms with van der Waals surface area (Å²) in [7, 11) is 0. The first-order valence-electron chi connectivity index (χ1n) is 10.8. The van der Waals surface area contributed by atoms with Gasteiger partial charge < -0.3 is 25.5 Å². The lowest BCUT2D eigenvalue weighted by Crippen LogP contribution is -2.07. The smallest absolute Gasteiger partial charge is 0.157 e. The average molecular weight is 421 g/mol. The minimum atomic E-state index is -0.180. The Morgan fingerprint density at radius 2 is 1.16 bits per heavy atom. The predicted molar refractivity (Wildman–Crippen MR) is 119 cm³/mol. The van der Waals surface area contributed by atoms with Gasteiger partial charge in [-0.2, -0.15) is 0 Å². The van der Waals surface area contributed by atoms with Crippen molar-refractivity contribution in [3.8, 4) is 28.7 Å². The van der Waals surface area contributed by atoms with Crippen molar-refractivity contribution in [3.05, 3.63) is 76.3 Å². The lowest BCUT2D eigenvalue weighted by Gasteiger charge is -2.25. The van der Waals surface area contributed by atoms with Crippen LogP contribution in [0.5, 0.6) is 28.7 Å². The topological polar surface area (TPSA) is 101 Å². The summed E-state index contributed by atoms with van der Waals surface area (Å²) in [6.45, 7) is 0. The van der Waals surface area contributed by atoms with Crippen LogP contribution in [0.3, 0.4) is 0 Å². The minimum Gasteiger partial charge on any atom is -0.507 e. The second-order valence-corrected chi connectivity index (χ2v) is 8.53. The van der Waals surface area contributed by atoms with E-state index in [-0.39, 0.29) is 23.0 Å². The fourth-order valence-corrected chi connectivity index (χ4v) is 4.56. The molecule has 0 saturated heterocycles. The third-order valence-corrected chi connectivity index (χ3v) is 6.21. The lowest BCUT2D eigenvalue weighted by molar-refractivity contribution is 0.403. The molecule has 0 atom stereocenters. The summed E-state index contributed by atoms with van der Waals surface area (Å²) in [6.07, 6.45) is 6.62. The molecule has 0 bridgehead atoms. The number of rotatable bonds is 5. The molecule has 3 aromatic carbocycles. The van der Waals surface area contributed by atoms with Crippen LogP contribution in [0.1, 0.15) is 65.8 Å². The SMILES string of the molecule is Oc1ccc(Cc2cc(Cc3ccc(O)c(O)c3)c(O)c(C3CCCCC3)c2)cc1O. The third kappa shape index (κ3) is 4.71. The van der Waals surface area contributed by atoms with Crippen molar-refractivity contribution in [3.63, 3.8) is 0 Å². The predicted octanol–water partition coefficient (Wildman–Crippen LogP) is 5.44. The molecule has 0 amide bonds. The molecule has 1 fully saturated rings. The van der Waals surface area contributed by atoms with Crippen LogP contribution in [0, 0.1) is 0 Å². The van der Waals surface area contributed by atoms with E-state index in [1.54, 1.807) is 18.2 Å². The molecule has 0 spiro atoms. The van der Waals surface area contributed by atoms with Gasteiger partial charge in [0.15, 0.2) is 23.0 Å². The molecule has 0 aromatic heterocycles. The standard InChI is InChI=1S/C26H28O5/c27-22-8-6-16(14-24(22)29)10-18-12-20(11-17-7-9-23(28)25(30)15-17)26(31)21(13-18)19-4-2-1-3-5-19/h6-9,12-15,19,27-31H,1-5,10-11H2. The molecule has 1 saturated carbocycles. The fourth-order valence-electron chi connectivity index (χ4n) is 4.56. The molecular formula is C26H28O5. The second kappa shape index (κ2) is 8.80. The van der Waals surface area contributed by atoms with Gasteiger partial charge in [0.1, 0.15) is 5.75 Å². The summed E-state index contributed by atoms with van der Waals surface area (Å²) in [5, 5.41) is 50.0. The first-order valence-corrected chi connectivity index (χ1v) is 10.8. The Hall–Kier alpha value is -3.34. The van der Waals surface area contributed by atoms with E-state index in [0.717, 1.165) is 53.5 Å². The van der Waals surface area contributed by atoms with E-state index >= 15 is 0 Å². The molecule has 0 unspecified atom stereocenters. The van der Waals surface area contributed by atoms with E-state index in [2.05, 4.69) is 6.07 Å². The van der Waals surface area contributed by atoms with E-state index in [0.29, 0.717) is 24.5 Å². The Labute approximate surface area is 181 Å². The van der Waals surface area contributed by atoms with Crippen LogP contribution >= 0.6 is 0 Å². The maximum absolute atomic E-state index is 11.1. The zero-order valence-corrected chi connectivity index (χ0v) is 17.4. The van der Waals surface area contributed by atoms with Gasteiger partial charge in [-0.15, -0.1) is 0 Å². The quantitative estimate of drug-likeness (QED) is 0.354. The molecule has 5 nitrogen and oxygen atoms in total. The molecule has 31 heavy (non-hydrogen) atoms. The van der Waals surface area contributed by atoms with Crippen LogP contribution in [0.2, 0.25) is 0 Å². The van der Waals surface area contributed by atoms with Gasteiger partial charge in [-0.25, -0.2) is 0 Å². The summed E-state index contributed by atoms with van der Waals surface area (Å²) in [6, 6.07) is 13.5. The minimum absolute atomic E-state index is 0.148. The van der Waals surface area contributed by atoms with Crippen molar-refractivity contribution in [2.24, 2.45) is 0 Å². The van der Waals surface area contributed by atoms with Crippen molar-refractivity contribution in [1.29, 1.82) is 0 Å². The Morgan fingerprint density at radius 1 is 0.581 bits per heavy atom. The van der Waals surface area contributed by atoms with Crippen molar-refractivity contribution in [1.82, 2.24) is 0 Å². The number of hydrogen-bond acceptors (Lipinski definition) is 5. The van der Waals surface area contributed by atoms with Gasteiger partial charge in [-0.1, -0.05) is 43.5 Å². The largest absolute Gasteiger partial charge is 0.507 e. The average Bonchev–Trinajstić information content (AvgIpc) is 2.76. The summed E-state index contributed by atoms with van der Waals surface area (Å²) in [5.41, 5.74) is 4.40. The Kier molecular flexibility index (Phi) is 5.94. The Bertz CT molecular complexity index is 1080. The molecule has 5 N–H and O–H groups in total. The maximum atomic E-state index is 11.1. The summed E-state index contributed by atoms with van der Waals surface area (Å²) in [5.74, 6) is -0.0311.